The van der Waals surface area contributed by atoms with Gasteiger partial charge in [-0.05, 0) is 44.4 Å². The lowest BCUT2D eigenvalue weighted by molar-refractivity contribution is 0.243. The molecule has 1 N–H and O–H groups in total. The molecule has 0 aliphatic carbocycles. The molecule has 2 atom stereocenters. The van der Waals surface area contributed by atoms with Gasteiger partial charge < -0.3 is 10.1 Å². The summed E-state index contributed by atoms with van der Waals surface area (Å²) in [6, 6.07) is 8.98. The maximum absolute atomic E-state index is 5.73. The number of allylic oxidation sites excluding steroid dienone is 1. The fourth-order valence-corrected chi connectivity index (χ4v) is 2.82. The number of unbranched alkanes of at least 4 members (excludes halogenated alkanes) is 1. The van der Waals surface area contributed by atoms with Gasteiger partial charge in [-0.15, -0.1) is 6.58 Å². The first-order valence-electron chi connectivity index (χ1n) is 6.86. The first-order chi connectivity index (χ1) is 8.86. The molecule has 0 spiro atoms. The molecule has 2 rings (SSSR count). The third-order valence-electron chi connectivity index (χ3n) is 3.78. The number of hydrogen-bond acceptors (Lipinski definition) is 2. The molecule has 2 unspecified atom stereocenters. The average molecular weight is 245 g/mol. The topological polar surface area (TPSA) is 21.3 Å². The number of benzene rings is 1. The van der Waals surface area contributed by atoms with E-state index in [4.69, 9.17) is 4.74 Å². The van der Waals surface area contributed by atoms with Gasteiger partial charge in [0.25, 0.3) is 0 Å². The van der Waals surface area contributed by atoms with Gasteiger partial charge in [0.1, 0.15) is 5.75 Å². The number of fused-ring (bicyclic) bond motifs is 1. The van der Waals surface area contributed by atoms with Crippen molar-refractivity contribution in [1.82, 2.24) is 5.32 Å². The standard InChI is InChI=1S/C16H23NO/c1-3-4-5-9-15(17-2)13-11-12-18-16-10-7-6-8-14(13)16/h3,6-8,10,13,15,17H,1,4-5,9,11-12H2,2H3. The van der Waals surface area contributed by atoms with Crippen molar-refractivity contribution in [3.63, 3.8) is 0 Å². The zero-order valence-electron chi connectivity index (χ0n) is 11.2. The van der Waals surface area contributed by atoms with Crippen molar-refractivity contribution in [2.24, 2.45) is 0 Å². The highest BCUT2D eigenvalue weighted by molar-refractivity contribution is 5.38. The maximum atomic E-state index is 5.73. The van der Waals surface area contributed by atoms with Crippen molar-refractivity contribution in [3.8, 4) is 5.75 Å². The van der Waals surface area contributed by atoms with Crippen LogP contribution in [-0.2, 0) is 0 Å². The Kier molecular flexibility index (Phi) is 4.82. The molecule has 1 aliphatic heterocycles. The van der Waals surface area contributed by atoms with Crippen molar-refractivity contribution in [2.45, 2.75) is 37.6 Å². The van der Waals surface area contributed by atoms with Crippen molar-refractivity contribution in [3.05, 3.63) is 42.5 Å². The maximum Gasteiger partial charge on any atom is 0.122 e. The van der Waals surface area contributed by atoms with Crippen LogP contribution in [0.25, 0.3) is 0 Å². The normalized spacial score (nSPS) is 19.7. The average Bonchev–Trinajstić information content (AvgIpc) is 2.43. The highest BCUT2D eigenvalue weighted by Gasteiger charge is 2.27. The second-order valence-corrected chi connectivity index (χ2v) is 4.90. The van der Waals surface area contributed by atoms with Crippen LogP contribution in [0.3, 0.4) is 0 Å². The van der Waals surface area contributed by atoms with Crippen LogP contribution >= 0.6 is 0 Å². The molecule has 1 aromatic carbocycles. The van der Waals surface area contributed by atoms with E-state index in [0.29, 0.717) is 12.0 Å². The molecule has 2 heteroatoms. The molecule has 1 heterocycles. The smallest absolute Gasteiger partial charge is 0.122 e. The van der Waals surface area contributed by atoms with Gasteiger partial charge >= 0.3 is 0 Å². The summed E-state index contributed by atoms with van der Waals surface area (Å²) in [7, 11) is 2.07. The number of para-hydroxylation sites is 1. The van der Waals surface area contributed by atoms with Crippen molar-refractivity contribution >= 4 is 0 Å². The van der Waals surface area contributed by atoms with Gasteiger partial charge in [-0.25, -0.2) is 0 Å². The quantitative estimate of drug-likeness (QED) is 0.612. The fourth-order valence-electron chi connectivity index (χ4n) is 2.82. The molecule has 0 bridgehead atoms. The zero-order chi connectivity index (χ0) is 12.8. The van der Waals surface area contributed by atoms with Crippen LogP contribution in [0.15, 0.2) is 36.9 Å². The van der Waals surface area contributed by atoms with Crippen LogP contribution < -0.4 is 10.1 Å². The first-order valence-corrected chi connectivity index (χ1v) is 6.86. The monoisotopic (exact) mass is 245 g/mol. The van der Waals surface area contributed by atoms with Crippen molar-refractivity contribution in [1.29, 1.82) is 0 Å². The number of nitrogens with one attached hydrogen (secondary N) is 1. The molecule has 0 fully saturated rings. The van der Waals surface area contributed by atoms with E-state index in [1.807, 2.05) is 12.1 Å². The zero-order valence-corrected chi connectivity index (χ0v) is 11.2. The molecular formula is C16H23NO. The van der Waals surface area contributed by atoms with Gasteiger partial charge in [0.15, 0.2) is 0 Å². The van der Waals surface area contributed by atoms with E-state index in [2.05, 4.69) is 37.1 Å². The minimum absolute atomic E-state index is 0.537. The third kappa shape index (κ3) is 2.94. The Labute approximate surface area is 110 Å². The van der Waals surface area contributed by atoms with E-state index in [-0.39, 0.29) is 0 Å². The number of rotatable bonds is 6. The molecule has 0 aromatic heterocycles. The van der Waals surface area contributed by atoms with Crippen molar-refractivity contribution < 1.29 is 4.74 Å². The predicted octanol–water partition coefficient (Wildman–Crippen LogP) is 3.50. The largest absolute Gasteiger partial charge is 0.493 e. The second kappa shape index (κ2) is 6.60. The summed E-state index contributed by atoms with van der Waals surface area (Å²) in [6.07, 6.45) is 6.61. The molecule has 0 amide bonds. The van der Waals surface area contributed by atoms with Crippen molar-refractivity contribution in [2.75, 3.05) is 13.7 Å². The van der Waals surface area contributed by atoms with Gasteiger partial charge in [0.05, 0.1) is 6.61 Å². The van der Waals surface area contributed by atoms with Gasteiger partial charge in [-0.3, -0.25) is 0 Å². The second-order valence-electron chi connectivity index (χ2n) is 4.90. The Morgan fingerprint density at radius 1 is 1.50 bits per heavy atom. The Morgan fingerprint density at radius 2 is 2.33 bits per heavy atom. The van der Waals surface area contributed by atoms with E-state index in [9.17, 15) is 0 Å². The summed E-state index contributed by atoms with van der Waals surface area (Å²) >= 11 is 0. The van der Waals surface area contributed by atoms with E-state index in [1.165, 1.54) is 18.4 Å². The molecule has 1 aromatic rings. The molecule has 1 aliphatic rings. The minimum Gasteiger partial charge on any atom is -0.493 e. The van der Waals surface area contributed by atoms with E-state index < -0.39 is 0 Å². The van der Waals surface area contributed by atoms with E-state index in [0.717, 1.165) is 25.2 Å². The van der Waals surface area contributed by atoms with E-state index in [1.54, 1.807) is 0 Å². The lowest BCUT2D eigenvalue weighted by Gasteiger charge is -2.32. The van der Waals surface area contributed by atoms with Gasteiger partial charge in [0.2, 0.25) is 0 Å². The van der Waals surface area contributed by atoms with Crippen LogP contribution in [0, 0.1) is 0 Å². The van der Waals surface area contributed by atoms with Crippen LogP contribution in [0.1, 0.15) is 37.2 Å². The molecular weight excluding hydrogens is 222 g/mol. The Balaban J connectivity index is 2.09. The SMILES string of the molecule is C=CCCCC(NC)C1CCOc2ccccc21. The summed E-state index contributed by atoms with van der Waals surface area (Å²) in [5.74, 6) is 1.64. The van der Waals surface area contributed by atoms with Gasteiger partial charge in [0, 0.05) is 12.0 Å². The molecule has 0 radical (unpaired) electrons. The molecule has 2 nitrogen and oxygen atoms in total. The first kappa shape index (κ1) is 13.2. The number of hydrogen-bond donors (Lipinski definition) is 1. The third-order valence-corrected chi connectivity index (χ3v) is 3.78. The summed E-state index contributed by atoms with van der Waals surface area (Å²) < 4.78 is 5.73. The summed E-state index contributed by atoms with van der Waals surface area (Å²) in [6.45, 7) is 4.63. The lowest BCUT2D eigenvalue weighted by Crippen LogP contribution is -2.35. The fraction of sp³-hybridized carbons (Fsp3) is 0.500. The Morgan fingerprint density at radius 3 is 3.11 bits per heavy atom. The number of ether oxygens (including phenoxy) is 1. The minimum atomic E-state index is 0.537. The van der Waals surface area contributed by atoms with Gasteiger partial charge in [-0.1, -0.05) is 24.3 Å². The highest BCUT2D eigenvalue weighted by atomic mass is 16.5. The molecule has 18 heavy (non-hydrogen) atoms. The summed E-state index contributed by atoms with van der Waals surface area (Å²) in [4.78, 5) is 0. The van der Waals surface area contributed by atoms with Crippen LogP contribution in [0.5, 0.6) is 5.75 Å². The summed E-state index contributed by atoms with van der Waals surface area (Å²) in [5, 5.41) is 3.48. The predicted molar refractivity (Wildman–Crippen MR) is 76.2 cm³/mol. The molecule has 0 saturated carbocycles. The van der Waals surface area contributed by atoms with Gasteiger partial charge in [-0.2, -0.15) is 0 Å². The Hall–Kier alpha value is -1.28. The number of likely N-dealkylation sites (N-methyl/N-ethyl adjacent to an activating group) is 1. The van der Waals surface area contributed by atoms with Crippen LogP contribution in [0.4, 0.5) is 0 Å². The molecule has 0 saturated heterocycles. The lowest BCUT2D eigenvalue weighted by atomic mass is 9.84. The highest BCUT2D eigenvalue weighted by Crippen LogP contribution is 2.36. The summed E-state index contributed by atoms with van der Waals surface area (Å²) in [5.41, 5.74) is 1.36. The molecule has 98 valence electrons. The van der Waals surface area contributed by atoms with Crippen LogP contribution in [0.2, 0.25) is 0 Å². The van der Waals surface area contributed by atoms with E-state index >= 15 is 0 Å². The van der Waals surface area contributed by atoms with Crippen LogP contribution in [-0.4, -0.2) is 19.7 Å². The Bertz CT molecular complexity index is 388.